The van der Waals surface area contributed by atoms with Crippen molar-refractivity contribution in [3.05, 3.63) is 35.9 Å². The number of hydrogen-bond acceptors (Lipinski definition) is 5. The van der Waals surface area contributed by atoms with E-state index >= 15 is 0 Å². The number of pyridine rings is 1. The number of nitrogens with zero attached hydrogens (tertiary/aromatic N) is 3. The Labute approximate surface area is 128 Å². The summed E-state index contributed by atoms with van der Waals surface area (Å²) in [7, 11) is -2.53. The van der Waals surface area contributed by atoms with Crippen molar-refractivity contribution in [1.29, 1.82) is 0 Å². The number of nitrogens with one attached hydrogen (secondary N) is 1. The van der Waals surface area contributed by atoms with Crippen LogP contribution in [0.2, 0.25) is 0 Å². The minimum atomic E-state index is -3.79. The van der Waals surface area contributed by atoms with Gasteiger partial charge in [0.25, 0.3) is 5.91 Å². The molecule has 2 aliphatic heterocycles. The van der Waals surface area contributed by atoms with E-state index in [2.05, 4.69) is 10.3 Å². The van der Waals surface area contributed by atoms with Crippen LogP contribution in [0, 0.1) is 0 Å². The van der Waals surface area contributed by atoms with Crippen LogP contribution < -0.4 is 5.32 Å². The van der Waals surface area contributed by atoms with Crippen molar-refractivity contribution in [3.8, 4) is 0 Å². The number of aliphatic hydroxyl groups is 1. The highest BCUT2D eigenvalue weighted by Crippen LogP contribution is 2.34. The number of carbonyl (C=O) groups excluding carboxylic acids is 1. The highest BCUT2D eigenvalue weighted by molar-refractivity contribution is 7.87. The summed E-state index contributed by atoms with van der Waals surface area (Å²) < 4.78 is 26.9. The zero-order valence-electron chi connectivity index (χ0n) is 11.9. The van der Waals surface area contributed by atoms with E-state index in [0.717, 1.165) is 4.31 Å². The molecule has 0 spiro atoms. The van der Waals surface area contributed by atoms with Gasteiger partial charge in [-0.05, 0) is 25.0 Å². The topological polar surface area (TPSA) is 103 Å². The van der Waals surface area contributed by atoms with Crippen LogP contribution in [0.1, 0.15) is 12.8 Å². The Balaban J connectivity index is 1.97. The number of rotatable bonds is 2. The Morgan fingerprint density at radius 1 is 1.45 bits per heavy atom. The van der Waals surface area contributed by atoms with Crippen LogP contribution in [0.5, 0.6) is 0 Å². The SMILES string of the molecule is CN1C(C(=O)Nc2ccccn2)=C(O)C2CCCN2S1(=O)=O. The van der Waals surface area contributed by atoms with E-state index in [1.54, 1.807) is 18.2 Å². The Bertz CT molecular complexity index is 732. The van der Waals surface area contributed by atoms with Gasteiger partial charge >= 0.3 is 10.2 Å². The van der Waals surface area contributed by atoms with E-state index in [1.807, 2.05) is 0 Å². The molecular formula is C13H16N4O4S. The number of carbonyl (C=O) groups is 1. The fourth-order valence-electron chi connectivity index (χ4n) is 2.75. The van der Waals surface area contributed by atoms with Gasteiger partial charge in [-0.1, -0.05) is 6.07 Å². The standard InChI is InChI=1S/C13H16N4O4S/c1-16-11(13(19)15-10-6-2-3-7-14-10)12(18)9-5-4-8-17(9)22(16,20)21/h2-3,6-7,9,18H,4-5,8H2,1H3,(H,14,15,19). The molecule has 118 valence electrons. The molecule has 1 aromatic rings. The highest BCUT2D eigenvalue weighted by atomic mass is 32.2. The summed E-state index contributed by atoms with van der Waals surface area (Å²) in [4.78, 5) is 16.3. The first-order valence-corrected chi connectivity index (χ1v) is 8.24. The second-order valence-corrected chi connectivity index (χ2v) is 7.06. The number of aliphatic hydroxyl groups excluding tert-OH is 1. The molecule has 0 aliphatic carbocycles. The molecule has 0 aromatic carbocycles. The van der Waals surface area contributed by atoms with Crippen LogP contribution in [0.25, 0.3) is 0 Å². The Kier molecular flexibility index (Phi) is 3.53. The summed E-state index contributed by atoms with van der Waals surface area (Å²) in [5.41, 5.74) is -0.256. The summed E-state index contributed by atoms with van der Waals surface area (Å²) in [6.45, 7) is 0.344. The molecule has 1 unspecified atom stereocenters. The smallest absolute Gasteiger partial charge is 0.304 e. The van der Waals surface area contributed by atoms with Gasteiger partial charge in [-0.15, -0.1) is 0 Å². The molecule has 8 nitrogen and oxygen atoms in total. The van der Waals surface area contributed by atoms with E-state index in [4.69, 9.17) is 0 Å². The van der Waals surface area contributed by atoms with Gasteiger partial charge in [-0.25, -0.2) is 4.98 Å². The molecule has 1 amide bonds. The third kappa shape index (κ3) is 2.22. The average molecular weight is 324 g/mol. The molecule has 1 fully saturated rings. The summed E-state index contributed by atoms with van der Waals surface area (Å²) >= 11 is 0. The molecular weight excluding hydrogens is 308 g/mol. The average Bonchev–Trinajstić information content (AvgIpc) is 2.97. The zero-order chi connectivity index (χ0) is 15.9. The van der Waals surface area contributed by atoms with Gasteiger partial charge in [0.2, 0.25) is 0 Å². The largest absolute Gasteiger partial charge is 0.508 e. The molecule has 0 saturated carbocycles. The lowest BCUT2D eigenvalue weighted by Crippen LogP contribution is -2.51. The van der Waals surface area contributed by atoms with E-state index in [1.165, 1.54) is 17.5 Å². The van der Waals surface area contributed by atoms with Crippen LogP contribution in [0.3, 0.4) is 0 Å². The second kappa shape index (κ2) is 5.25. The summed E-state index contributed by atoms with van der Waals surface area (Å²) in [6, 6.07) is 4.30. The van der Waals surface area contributed by atoms with E-state index < -0.39 is 22.2 Å². The molecule has 3 heterocycles. The van der Waals surface area contributed by atoms with Gasteiger partial charge in [0.1, 0.15) is 11.6 Å². The predicted molar refractivity (Wildman–Crippen MR) is 78.9 cm³/mol. The normalized spacial score (nSPS) is 24.2. The lowest BCUT2D eigenvalue weighted by molar-refractivity contribution is -0.114. The number of aromatic nitrogens is 1. The van der Waals surface area contributed by atoms with E-state index in [0.29, 0.717) is 19.4 Å². The molecule has 22 heavy (non-hydrogen) atoms. The molecule has 2 N–H and O–H groups in total. The first-order chi connectivity index (χ1) is 10.4. The minimum Gasteiger partial charge on any atom is -0.508 e. The van der Waals surface area contributed by atoms with Crippen molar-refractivity contribution in [2.45, 2.75) is 18.9 Å². The zero-order valence-corrected chi connectivity index (χ0v) is 12.7. The number of likely N-dealkylation sites (N-methyl/N-ethyl adjacent to an activating group) is 1. The Morgan fingerprint density at radius 3 is 2.91 bits per heavy atom. The molecule has 3 rings (SSSR count). The van der Waals surface area contributed by atoms with Gasteiger partial charge in [0.05, 0.1) is 6.04 Å². The van der Waals surface area contributed by atoms with E-state index in [-0.39, 0.29) is 17.3 Å². The summed E-state index contributed by atoms with van der Waals surface area (Å²) in [5.74, 6) is -0.635. The number of hydrogen-bond donors (Lipinski definition) is 2. The van der Waals surface area contributed by atoms with Gasteiger partial charge in [-0.2, -0.15) is 12.7 Å². The van der Waals surface area contributed by atoms with Gasteiger partial charge < -0.3 is 10.4 Å². The van der Waals surface area contributed by atoms with Gasteiger partial charge in [0, 0.05) is 19.8 Å². The van der Waals surface area contributed by atoms with Gasteiger partial charge in [0.15, 0.2) is 5.70 Å². The maximum atomic E-state index is 12.4. The Morgan fingerprint density at radius 2 is 2.23 bits per heavy atom. The third-order valence-corrected chi connectivity index (χ3v) is 5.75. The highest BCUT2D eigenvalue weighted by Gasteiger charge is 2.47. The van der Waals surface area contributed by atoms with Crippen molar-refractivity contribution >= 4 is 21.9 Å². The quantitative estimate of drug-likeness (QED) is 0.822. The van der Waals surface area contributed by atoms with Crippen molar-refractivity contribution in [2.24, 2.45) is 0 Å². The number of fused-ring (bicyclic) bond motifs is 1. The van der Waals surface area contributed by atoms with Crippen molar-refractivity contribution < 1.29 is 18.3 Å². The second-order valence-electron chi connectivity index (χ2n) is 5.15. The monoisotopic (exact) mass is 324 g/mol. The number of anilines is 1. The molecule has 0 bridgehead atoms. The minimum absolute atomic E-state index is 0.219. The Hall–Kier alpha value is -2.13. The molecule has 1 atom stereocenters. The first kappa shape index (κ1) is 14.8. The first-order valence-electron chi connectivity index (χ1n) is 6.84. The van der Waals surface area contributed by atoms with Crippen LogP contribution >= 0.6 is 0 Å². The van der Waals surface area contributed by atoms with Crippen LogP contribution in [0.15, 0.2) is 35.9 Å². The maximum Gasteiger partial charge on any atom is 0.304 e. The predicted octanol–water partition coefficient (Wildman–Crippen LogP) is 0.444. The molecule has 1 aromatic heterocycles. The lowest BCUT2D eigenvalue weighted by atomic mass is 10.1. The lowest BCUT2D eigenvalue weighted by Gasteiger charge is -2.36. The maximum absolute atomic E-state index is 12.4. The van der Waals surface area contributed by atoms with Crippen LogP contribution in [-0.2, 0) is 15.0 Å². The van der Waals surface area contributed by atoms with Crippen molar-refractivity contribution in [3.63, 3.8) is 0 Å². The van der Waals surface area contributed by atoms with Crippen LogP contribution in [0.4, 0.5) is 5.82 Å². The number of amides is 1. The fraction of sp³-hybridized carbons (Fsp3) is 0.385. The third-order valence-electron chi connectivity index (χ3n) is 3.84. The van der Waals surface area contributed by atoms with Crippen LogP contribution in [-0.4, -0.2) is 52.7 Å². The molecule has 2 aliphatic rings. The van der Waals surface area contributed by atoms with E-state index in [9.17, 15) is 18.3 Å². The molecule has 9 heteroatoms. The molecule has 1 saturated heterocycles. The summed E-state index contributed by atoms with van der Waals surface area (Å²) in [6.07, 6.45) is 2.65. The molecule has 0 radical (unpaired) electrons. The van der Waals surface area contributed by atoms with Gasteiger partial charge in [-0.3, -0.25) is 9.10 Å². The summed E-state index contributed by atoms with van der Waals surface area (Å²) in [5, 5.41) is 12.8. The fourth-order valence-corrected chi connectivity index (χ4v) is 4.36. The van der Waals surface area contributed by atoms with Crippen molar-refractivity contribution in [1.82, 2.24) is 13.6 Å². The van der Waals surface area contributed by atoms with Crippen molar-refractivity contribution in [2.75, 3.05) is 18.9 Å².